The third kappa shape index (κ3) is 1.70. The van der Waals surface area contributed by atoms with E-state index in [2.05, 4.69) is 12.2 Å². The monoisotopic (exact) mass is 207 g/mol. The zero-order valence-corrected chi connectivity index (χ0v) is 9.03. The molecule has 1 aromatic heterocycles. The Kier molecular flexibility index (Phi) is 2.29. The molecule has 2 aliphatic heterocycles. The predicted octanol–water partition coefficient (Wildman–Crippen LogP) is 2.00. The van der Waals surface area contributed by atoms with Crippen molar-refractivity contribution < 1.29 is 9.15 Å². The maximum atomic E-state index is 5.79. The Morgan fingerprint density at radius 3 is 3.00 bits per heavy atom. The SMILES string of the molecule is Cc1ccoc1CNC1CC2CCC1O2. The molecule has 3 nitrogen and oxygen atoms in total. The first kappa shape index (κ1) is 9.43. The standard InChI is InChI=1S/C12H17NO2/c1-8-4-5-14-12(8)7-13-10-6-9-2-3-11(10)15-9/h4-5,9-11,13H,2-3,6-7H2,1H3. The molecule has 2 fully saturated rings. The van der Waals surface area contributed by atoms with Gasteiger partial charge >= 0.3 is 0 Å². The van der Waals surface area contributed by atoms with Crippen molar-refractivity contribution in [1.29, 1.82) is 0 Å². The average molecular weight is 207 g/mol. The van der Waals surface area contributed by atoms with Crippen LogP contribution in [-0.4, -0.2) is 18.2 Å². The lowest BCUT2D eigenvalue weighted by atomic mass is 9.95. The van der Waals surface area contributed by atoms with E-state index in [1.807, 2.05) is 6.07 Å². The topological polar surface area (TPSA) is 34.4 Å². The highest BCUT2D eigenvalue weighted by Crippen LogP contribution is 2.34. The molecule has 15 heavy (non-hydrogen) atoms. The minimum absolute atomic E-state index is 0.449. The maximum absolute atomic E-state index is 5.79. The molecule has 0 aliphatic carbocycles. The van der Waals surface area contributed by atoms with E-state index in [4.69, 9.17) is 9.15 Å². The van der Waals surface area contributed by atoms with Crippen molar-refractivity contribution in [1.82, 2.24) is 5.32 Å². The van der Waals surface area contributed by atoms with Crippen molar-refractivity contribution in [2.45, 2.75) is 51.0 Å². The van der Waals surface area contributed by atoms with Crippen molar-refractivity contribution in [2.75, 3.05) is 0 Å². The van der Waals surface area contributed by atoms with Gasteiger partial charge < -0.3 is 14.5 Å². The lowest BCUT2D eigenvalue weighted by Gasteiger charge is -2.19. The molecule has 2 aliphatic rings. The lowest BCUT2D eigenvalue weighted by molar-refractivity contribution is 0.0970. The van der Waals surface area contributed by atoms with E-state index in [-0.39, 0.29) is 0 Å². The van der Waals surface area contributed by atoms with Gasteiger partial charge in [0, 0.05) is 6.04 Å². The number of furan rings is 1. The maximum Gasteiger partial charge on any atom is 0.120 e. The van der Waals surface area contributed by atoms with Crippen molar-refractivity contribution in [3.05, 3.63) is 23.7 Å². The molecule has 1 aromatic rings. The molecule has 0 amide bonds. The largest absolute Gasteiger partial charge is 0.468 e. The van der Waals surface area contributed by atoms with Crippen LogP contribution in [0, 0.1) is 6.92 Å². The molecule has 3 rings (SSSR count). The number of hydrogen-bond donors (Lipinski definition) is 1. The fourth-order valence-electron chi connectivity index (χ4n) is 2.66. The summed E-state index contributed by atoms with van der Waals surface area (Å²) in [6.07, 6.45) is 6.37. The molecular weight excluding hydrogens is 190 g/mol. The number of nitrogens with one attached hydrogen (secondary N) is 1. The number of fused-ring (bicyclic) bond motifs is 2. The molecule has 3 atom stereocenters. The summed E-state index contributed by atoms with van der Waals surface area (Å²) in [6, 6.07) is 2.54. The van der Waals surface area contributed by atoms with Crippen LogP contribution < -0.4 is 5.32 Å². The van der Waals surface area contributed by atoms with Gasteiger partial charge in [-0.25, -0.2) is 0 Å². The second-order valence-electron chi connectivity index (χ2n) is 4.62. The van der Waals surface area contributed by atoms with Crippen molar-refractivity contribution in [3.8, 4) is 0 Å². The normalized spacial score (nSPS) is 33.8. The van der Waals surface area contributed by atoms with Gasteiger partial charge in [-0.1, -0.05) is 0 Å². The van der Waals surface area contributed by atoms with E-state index in [0.717, 1.165) is 12.3 Å². The van der Waals surface area contributed by atoms with Gasteiger partial charge in [-0.3, -0.25) is 0 Å². The highest BCUT2D eigenvalue weighted by molar-refractivity contribution is 5.14. The Hall–Kier alpha value is -0.800. The van der Waals surface area contributed by atoms with Crippen LogP contribution >= 0.6 is 0 Å². The van der Waals surface area contributed by atoms with E-state index in [1.54, 1.807) is 6.26 Å². The molecule has 2 bridgehead atoms. The molecule has 2 saturated heterocycles. The molecule has 0 aromatic carbocycles. The van der Waals surface area contributed by atoms with E-state index < -0.39 is 0 Å². The first-order valence-corrected chi connectivity index (χ1v) is 5.75. The molecule has 0 radical (unpaired) electrons. The minimum atomic E-state index is 0.449. The summed E-state index contributed by atoms with van der Waals surface area (Å²) in [5, 5.41) is 3.54. The predicted molar refractivity (Wildman–Crippen MR) is 56.6 cm³/mol. The first-order chi connectivity index (χ1) is 7.33. The third-order valence-electron chi connectivity index (χ3n) is 3.60. The molecule has 0 saturated carbocycles. The number of ether oxygens (including phenoxy) is 1. The quantitative estimate of drug-likeness (QED) is 0.823. The number of hydrogen-bond acceptors (Lipinski definition) is 3. The van der Waals surface area contributed by atoms with E-state index >= 15 is 0 Å². The van der Waals surface area contributed by atoms with Crippen molar-refractivity contribution >= 4 is 0 Å². The lowest BCUT2D eigenvalue weighted by Crippen LogP contribution is -2.37. The van der Waals surface area contributed by atoms with E-state index in [1.165, 1.54) is 24.8 Å². The van der Waals surface area contributed by atoms with Crippen LogP contribution in [-0.2, 0) is 11.3 Å². The summed E-state index contributed by atoms with van der Waals surface area (Å²) >= 11 is 0. The Balaban J connectivity index is 1.57. The molecule has 1 N–H and O–H groups in total. The van der Waals surface area contributed by atoms with Crippen LogP contribution in [0.4, 0.5) is 0 Å². The van der Waals surface area contributed by atoms with Crippen molar-refractivity contribution in [2.24, 2.45) is 0 Å². The van der Waals surface area contributed by atoms with E-state index in [0.29, 0.717) is 18.2 Å². The summed E-state index contributed by atoms with van der Waals surface area (Å²) in [6.45, 7) is 2.91. The molecule has 82 valence electrons. The first-order valence-electron chi connectivity index (χ1n) is 5.75. The summed E-state index contributed by atoms with van der Waals surface area (Å²) < 4.78 is 11.2. The van der Waals surface area contributed by atoms with Crippen LogP contribution in [0.15, 0.2) is 16.7 Å². The van der Waals surface area contributed by atoms with Crippen LogP contribution in [0.5, 0.6) is 0 Å². The second-order valence-corrected chi connectivity index (χ2v) is 4.62. The van der Waals surface area contributed by atoms with Gasteiger partial charge in [0.15, 0.2) is 0 Å². The highest BCUT2D eigenvalue weighted by Gasteiger charge is 2.40. The zero-order chi connectivity index (χ0) is 10.3. The Bertz CT molecular complexity index is 347. The number of rotatable bonds is 3. The highest BCUT2D eigenvalue weighted by atomic mass is 16.5. The molecule has 3 heteroatoms. The fourth-order valence-corrected chi connectivity index (χ4v) is 2.66. The van der Waals surface area contributed by atoms with Crippen LogP contribution in [0.1, 0.15) is 30.6 Å². The Morgan fingerprint density at radius 2 is 2.40 bits per heavy atom. The van der Waals surface area contributed by atoms with Gasteiger partial charge in [-0.2, -0.15) is 0 Å². The Labute approximate surface area is 89.8 Å². The smallest absolute Gasteiger partial charge is 0.120 e. The van der Waals surface area contributed by atoms with E-state index in [9.17, 15) is 0 Å². The third-order valence-corrected chi connectivity index (χ3v) is 3.60. The molecule has 0 spiro atoms. The Morgan fingerprint density at radius 1 is 1.47 bits per heavy atom. The second kappa shape index (κ2) is 3.65. The van der Waals surface area contributed by atoms with Crippen LogP contribution in [0.3, 0.4) is 0 Å². The van der Waals surface area contributed by atoms with Gasteiger partial charge in [0.1, 0.15) is 5.76 Å². The van der Waals surface area contributed by atoms with Crippen molar-refractivity contribution in [3.63, 3.8) is 0 Å². The molecule has 3 heterocycles. The van der Waals surface area contributed by atoms with Crippen LogP contribution in [0.2, 0.25) is 0 Å². The summed E-state index contributed by atoms with van der Waals surface area (Å²) in [5.41, 5.74) is 1.23. The summed E-state index contributed by atoms with van der Waals surface area (Å²) in [7, 11) is 0. The fraction of sp³-hybridized carbons (Fsp3) is 0.667. The van der Waals surface area contributed by atoms with Gasteiger partial charge in [0.05, 0.1) is 25.0 Å². The van der Waals surface area contributed by atoms with Gasteiger partial charge in [-0.05, 0) is 37.8 Å². The number of aryl methyl sites for hydroxylation is 1. The van der Waals surface area contributed by atoms with Gasteiger partial charge in [0.2, 0.25) is 0 Å². The average Bonchev–Trinajstić information content (AvgIpc) is 2.90. The summed E-state index contributed by atoms with van der Waals surface area (Å²) in [5.74, 6) is 1.05. The van der Waals surface area contributed by atoms with Crippen LogP contribution in [0.25, 0.3) is 0 Å². The van der Waals surface area contributed by atoms with Gasteiger partial charge in [-0.15, -0.1) is 0 Å². The minimum Gasteiger partial charge on any atom is -0.468 e. The molecular formula is C12H17NO2. The summed E-state index contributed by atoms with van der Waals surface area (Å²) in [4.78, 5) is 0. The molecule has 3 unspecified atom stereocenters. The zero-order valence-electron chi connectivity index (χ0n) is 9.03. The van der Waals surface area contributed by atoms with Gasteiger partial charge in [0.25, 0.3) is 0 Å².